The minimum atomic E-state index is 0.212. The van der Waals surface area contributed by atoms with Gasteiger partial charge in [0.1, 0.15) is 11.6 Å². The maximum atomic E-state index is 5.53. The van der Waals surface area contributed by atoms with Crippen molar-refractivity contribution in [3.05, 3.63) is 28.7 Å². The summed E-state index contributed by atoms with van der Waals surface area (Å²) in [6.45, 7) is 0. The van der Waals surface area contributed by atoms with Gasteiger partial charge in [0.05, 0.1) is 0 Å². The zero-order chi connectivity index (χ0) is 9.97. The molecule has 0 fully saturated rings. The maximum Gasteiger partial charge on any atom is 0.241 e. The smallest absolute Gasteiger partial charge is 0.241 e. The van der Waals surface area contributed by atoms with Crippen molar-refractivity contribution in [3.8, 4) is 11.5 Å². The zero-order valence-electron chi connectivity index (χ0n) is 6.94. The molecule has 2 rings (SSSR count). The van der Waals surface area contributed by atoms with Crippen LogP contribution in [0.5, 0.6) is 0 Å². The van der Waals surface area contributed by atoms with Crippen LogP contribution in [0.2, 0.25) is 0 Å². The van der Waals surface area contributed by atoms with E-state index in [2.05, 4.69) is 31.1 Å². The third kappa shape index (κ3) is 1.93. The Morgan fingerprint density at radius 1 is 1.43 bits per heavy atom. The van der Waals surface area contributed by atoms with Gasteiger partial charge in [-0.3, -0.25) is 4.98 Å². The normalized spacial score (nSPS) is 10.4. The number of halogens is 2. The predicted molar refractivity (Wildman–Crippen MR) is 54.8 cm³/mol. The largest absolute Gasteiger partial charge is 0.338 e. The van der Waals surface area contributed by atoms with Crippen LogP contribution >= 0.6 is 27.5 Å². The Hall–Kier alpha value is -0.940. The number of hydrogen-bond acceptors (Lipinski definition) is 4. The van der Waals surface area contributed by atoms with Crippen LogP contribution in [0.1, 0.15) is 5.89 Å². The van der Waals surface area contributed by atoms with Crippen molar-refractivity contribution in [1.82, 2.24) is 15.1 Å². The first-order chi connectivity index (χ1) is 6.79. The summed E-state index contributed by atoms with van der Waals surface area (Å²) in [6, 6.07) is 3.66. The number of aromatic nitrogens is 3. The van der Waals surface area contributed by atoms with Gasteiger partial charge in [-0.25, -0.2) is 0 Å². The van der Waals surface area contributed by atoms with Gasteiger partial charge in [-0.15, -0.1) is 11.6 Å². The second-order valence-electron chi connectivity index (χ2n) is 2.51. The zero-order valence-corrected chi connectivity index (χ0v) is 9.29. The molecular weight excluding hydrogens is 269 g/mol. The Kier molecular flexibility index (Phi) is 2.79. The quantitative estimate of drug-likeness (QED) is 0.790. The molecule has 6 heteroatoms. The second-order valence-corrected chi connectivity index (χ2v) is 3.69. The lowest BCUT2D eigenvalue weighted by Crippen LogP contribution is -1.85. The molecule has 4 nitrogen and oxygen atoms in total. The van der Waals surface area contributed by atoms with Gasteiger partial charge in [0.15, 0.2) is 0 Å². The monoisotopic (exact) mass is 273 g/mol. The molecule has 2 aromatic heterocycles. The van der Waals surface area contributed by atoms with Crippen LogP contribution in [0.15, 0.2) is 27.3 Å². The van der Waals surface area contributed by atoms with Crippen molar-refractivity contribution >= 4 is 27.5 Å². The lowest BCUT2D eigenvalue weighted by molar-refractivity contribution is 0.391. The van der Waals surface area contributed by atoms with Crippen LogP contribution in [-0.2, 0) is 5.88 Å². The van der Waals surface area contributed by atoms with E-state index in [0.29, 0.717) is 17.4 Å². The van der Waals surface area contributed by atoms with Crippen molar-refractivity contribution < 1.29 is 4.52 Å². The molecule has 72 valence electrons. The third-order valence-electron chi connectivity index (χ3n) is 1.54. The SMILES string of the molecule is ClCc1nc(-c2ccc(Br)cn2)no1. The summed E-state index contributed by atoms with van der Waals surface area (Å²) in [6.07, 6.45) is 1.67. The van der Waals surface area contributed by atoms with Crippen molar-refractivity contribution in [1.29, 1.82) is 0 Å². The number of alkyl halides is 1. The summed E-state index contributed by atoms with van der Waals surface area (Å²) < 4.78 is 5.76. The minimum absolute atomic E-state index is 0.212. The number of pyridine rings is 1. The Morgan fingerprint density at radius 2 is 2.29 bits per heavy atom. The molecule has 0 aliphatic rings. The first-order valence-corrected chi connectivity index (χ1v) is 5.13. The van der Waals surface area contributed by atoms with Gasteiger partial charge in [-0.05, 0) is 28.1 Å². The van der Waals surface area contributed by atoms with Crippen molar-refractivity contribution in [2.45, 2.75) is 5.88 Å². The van der Waals surface area contributed by atoms with Crippen LogP contribution in [0.4, 0.5) is 0 Å². The van der Waals surface area contributed by atoms with E-state index in [1.54, 1.807) is 12.3 Å². The Morgan fingerprint density at radius 3 is 2.86 bits per heavy atom. The van der Waals surface area contributed by atoms with Crippen molar-refractivity contribution in [2.75, 3.05) is 0 Å². The Balaban J connectivity index is 2.34. The fourth-order valence-corrected chi connectivity index (χ4v) is 1.26. The fraction of sp³-hybridized carbons (Fsp3) is 0.125. The highest BCUT2D eigenvalue weighted by Gasteiger charge is 2.08. The summed E-state index contributed by atoms with van der Waals surface area (Å²) in [5.74, 6) is 1.06. The van der Waals surface area contributed by atoms with E-state index in [0.717, 1.165) is 4.47 Å². The lowest BCUT2D eigenvalue weighted by Gasteiger charge is -1.92. The summed E-state index contributed by atoms with van der Waals surface area (Å²) >= 11 is 8.82. The van der Waals surface area contributed by atoms with E-state index in [1.807, 2.05) is 6.07 Å². The van der Waals surface area contributed by atoms with E-state index in [9.17, 15) is 0 Å². The first kappa shape index (κ1) is 9.61. The van der Waals surface area contributed by atoms with Crippen molar-refractivity contribution in [2.24, 2.45) is 0 Å². The molecule has 0 spiro atoms. The van der Waals surface area contributed by atoms with Crippen LogP contribution in [0.25, 0.3) is 11.5 Å². The van der Waals surface area contributed by atoms with Crippen LogP contribution in [-0.4, -0.2) is 15.1 Å². The van der Waals surface area contributed by atoms with Gasteiger partial charge in [0.2, 0.25) is 11.7 Å². The highest BCUT2D eigenvalue weighted by molar-refractivity contribution is 9.10. The van der Waals surface area contributed by atoms with Gasteiger partial charge in [-0.1, -0.05) is 5.16 Å². The van der Waals surface area contributed by atoms with Gasteiger partial charge < -0.3 is 4.52 Å². The lowest BCUT2D eigenvalue weighted by atomic mass is 10.3. The topological polar surface area (TPSA) is 51.8 Å². The molecule has 2 aromatic rings. The molecule has 0 radical (unpaired) electrons. The van der Waals surface area contributed by atoms with Gasteiger partial charge in [-0.2, -0.15) is 4.98 Å². The molecule has 0 saturated heterocycles. The Bertz CT molecular complexity index is 428. The van der Waals surface area contributed by atoms with Crippen molar-refractivity contribution in [3.63, 3.8) is 0 Å². The molecule has 14 heavy (non-hydrogen) atoms. The molecule has 0 amide bonds. The molecule has 0 saturated carbocycles. The van der Waals surface area contributed by atoms with E-state index < -0.39 is 0 Å². The molecule has 0 aliphatic carbocycles. The molecule has 0 aromatic carbocycles. The predicted octanol–water partition coefficient (Wildman–Crippen LogP) is 2.63. The highest BCUT2D eigenvalue weighted by atomic mass is 79.9. The average Bonchev–Trinajstić information content (AvgIpc) is 2.67. The molecular formula is C8H5BrClN3O. The molecule has 2 heterocycles. The minimum Gasteiger partial charge on any atom is -0.338 e. The van der Waals surface area contributed by atoms with Gasteiger partial charge in [0, 0.05) is 10.7 Å². The van der Waals surface area contributed by atoms with Gasteiger partial charge in [0.25, 0.3) is 0 Å². The summed E-state index contributed by atoms with van der Waals surface area (Å²) in [7, 11) is 0. The number of rotatable bonds is 2. The summed E-state index contributed by atoms with van der Waals surface area (Å²) in [4.78, 5) is 8.16. The fourth-order valence-electron chi connectivity index (χ4n) is 0.921. The average molecular weight is 275 g/mol. The standard InChI is InChI=1S/C8H5BrClN3O/c9-5-1-2-6(11-4-5)8-12-7(3-10)14-13-8/h1-2,4H,3H2. The van der Waals surface area contributed by atoms with E-state index in [-0.39, 0.29) is 5.88 Å². The van der Waals surface area contributed by atoms with Crippen LogP contribution in [0.3, 0.4) is 0 Å². The molecule has 0 bridgehead atoms. The van der Waals surface area contributed by atoms with E-state index in [1.165, 1.54) is 0 Å². The maximum absolute atomic E-state index is 5.53. The summed E-state index contributed by atoms with van der Waals surface area (Å²) in [5, 5.41) is 3.74. The van der Waals surface area contributed by atoms with Crippen LogP contribution in [0, 0.1) is 0 Å². The van der Waals surface area contributed by atoms with E-state index >= 15 is 0 Å². The Labute approximate surface area is 93.4 Å². The first-order valence-electron chi connectivity index (χ1n) is 3.80. The molecule has 0 aliphatic heterocycles. The number of hydrogen-bond donors (Lipinski definition) is 0. The third-order valence-corrected chi connectivity index (χ3v) is 2.24. The molecule has 0 atom stereocenters. The number of nitrogens with zero attached hydrogens (tertiary/aromatic N) is 3. The van der Waals surface area contributed by atoms with Gasteiger partial charge >= 0.3 is 0 Å². The molecule has 0 N–H and O–H groups in total. The van der Waals surface area contributed by atoms with Crippen LogP contribution < -0.4 is 0 Å². The van der Waals surface area contributed by atoms with E-state index in [4.69, 9.17) is 16.1 Å². The summed E-state index contributed by atoms with van der Waals surface area (Å²) in [5.41, 5.74) is 0.660. The second kappa shape index (κ2) is 4.06. The highest BCUT2D eigenvalue weighted by Crippen LogP contribution is 2.16. The molecule has 0 unspecified atom stereocenters.